The maximum Gasteiger partial charge on any atom is 0.416 e. The van der Waals surface area contributed by atoms with Crippen molar-refractivity contribution < 1.29 is 26.9 Å². The van der Waals surface area contributed by atoms with Crippen molar-refractivity contribution in [3.05, 3.63) is 76.1 Å². The van der Waals surface area contributed by atoms with E-state index in [0.717, 1.165) is 42.7 Å². The lowest BCUT2D eigenvalue weighted by Gasteiger charge is -2.11. The number of aromatic nitrogens is 2. The number of anilines is 4. The highest BCUT2D eigenvalue weighted by Gasteiger charge is 2.30. The summed E-state index contributed by atoms with van der Waals surface area (Å²) in [4.78, 5) is 18.1. The number of nitrogens with zero attached hydrogens (tertiary/aromatic N) is 3. The van der Waals surface area contributed by atoms with Crippen molar-refractivity contribution >= 4 is 28.7 Å². The normalized spacial score (nSPS) is 11.2. The summed E-state index contributed by atoms with van der Waals surface area (Å²) in [7, 11) is 0. The molecule has 0 unspecified atom stereocenters. The number of hydrogen-bond donors (Lipinski definition) is 2. The molecule has 1 heterocycles. The number of benzene rings is 2. The highest BCUT2D eigenvalue weighted by molar-refractivity contribution is 5.76. The summed E-state index contributed by atoms with van der Waals surface area (Å²) in [5.74, 6) is -2.58. The second-order valence-corrected chi connectivity index (χ2v) is 5.63. The van der Waals surface area contributed by atoms with Gasteiger partial charge in [-0.15, -0.1) is 0 Å². The van der Waals surface area contributed by atoms with Crippen LogP contribution in [-0.2, 0) is 6.18 Å². The molecule has 0 aliphatic carbocycles. The third-order valence-electron chi connectivity index (χ3n) is 3.66. The number of hydrogen-bond acceptors (Lipinski definition) is 6. The van der Waals surface area contributed by atoms with Crippen molar-refractivity contribution in [2.75, 3.05) is 10.6 Å². The highest BCUT2D eigenvalue weighted by atomic mass is 19.4. The molecular weight excluding hydrogens is 401 g/mol. The Morgan fingerprint density at radius 1 is 0.931 bits per heavy atom. The second kappa shape index (κ2) is 7.66. The first kappa shape index (κ1) is 19.9. The summed E-state index contributed by atoms with van der Waals surface area (Å²) in [5.41, 5.74) is -1.75. The van der Waals surface area contributed by atoms with Crippen LogP contribution in [-0.4, -0.2) is 14.9 Å². The fourth-order valence-electron chi connectivity index (χ4n) is 2.33. The van der Waals surface area contributed by atoms with Gasteiger partial charge in [-0.05, 0) is 36.4 Å². The molecule has 12 heteroatoms. The summed E-state index contributed by atoms with van der Waals surface area (Å²) >= 11 is 0. The molecule has 1 aromatic heterocycles. The molecule has 0 aliphatic rings. The van der Waals surface area contributed by atoms with Gasteiger partial charge in [-0.2, -0.15) is 13.2 Å². The molecule has 2 aromatic carbocycles. The van der Waals surface area contributed by atoms with Gasteiger partial charge in [-0.25, -0.2) is 18.7 Å². The van der Waals surface area contributed by atoms with E-state index in [4.69, 9.17) is 0 Å². The summed E-state index contributed by atoms with van der Waals surface area (Å²) in [5, 5.41) is 16.4. The minimum Gasteiger partial charge on any atom is -0.334 e. The molecule has 7 nitrogen and oxygen atoms in total. The predicted molar refractivity (Wildman–Crippen MR) is 93.1 cm³/mol. The molecule has 0 saturated heterocycles. The molecule has 3 aromatic rings. The molecular formula is C17H10F5N5O2. The lowest BCUT2D eigenvalue weighted by Crippen LogP contribution is -2.07. The molecule has 0 fully saturated rings. The Balaban J connectivity index is 1.93. The van der Waals surface area contributed by atoms with Crippen LogP contribution < -0.4 is 10.6 Å². The fraction of sp³-hybridized carbons (Fsp3) is 0.0588. The molecule has 29 heavy (non-hydrogen) atoms. The minimum atomic E-state index is -4.53. The van der Waals surface area contributed by atoms with Gasteiger partial charge in [0.15, 0.2) is 0 Å². The molecule has 0 atom stereocenters. The Morgan fingerprint density at radius 2 is 1.55 bits per heavy atom. The monoisotopic (exact) mass is 411 g/mol. The SMILES string of the molecule is O=[N+]([O-])c1c(Nc2ccc(C(F)(F)F)cc2)ncnc1Nc1ccc(F)cc1F. The third kappa shape index (κ3) is 4.54. The van der Waals surface area contributed by atoms with E-state index in [-0.39, 0.29) is 17.2 Å². The van der Waals surface area contributed by atoms with Crippen molar-refractivity contribution in [2.45, 2.75) is 6.18 Å². The van der Waals surface area contributed by atoms with Crippen LogP contribution in [0, 0.1) is 21.7 Å². The van der Waals surface area contributed by atoms with E-state index >= 15 is 0 Å². The van der Waals surface area contributed by atoms with Gasteiger partial charge in [0.2, 0.25) is 11.6 Å². The van der Waals surface area contributed by atoms with Crippen molar-refractivity contribution in [3.63, 3.8) is 0 Å². The van der Waals surface area contributed by atoms with Crippen molar-refractivity contribution in [3.8, 4) is 0 Å². The van der Waals surface area contributed by atoms with E-state index in [1.807, 2.05) is 0 Å². The Bertz CT molecular complexity index is 1060. The Hall–Kier alpha value is -3.83. The first-order valence-corrected chi connectivity index (χ1v) is 7.81. The van der Waals surface area contributed by atoms with Crippen LogP contribution in [0.1, 0.15) is 5.56 Å². The van der Waals surface area contributed by atoms with Crippen LogP contribution in [0.15, 0.2) is 48.8 Å². The Kier molecular flexibility index (Phi) is 5.26. The van der Waals surface area contributed by atoms with Gasteiger partial charge in [0, 0.05) is 11.8 Å². The van der Waals surface area contributed by atoms with Crippen LogP contribution in [0.4, 0.5) is 50.6 Å². The lowest BCUT2D eigenvalue weighted by atomic mass is 10.2. The van der Waals surface area contributed by atoms with Crippen LogP contribution in [0.2, 0.25) is 0 Å². The van der Waals surface area contributed by atoms with E-state index in [1.165, 1.54) is 0 Å². The Morgan fingerprint density at radius 3 is 2.10 bits per heavy atom. The predicted octanol–water partition coefficient (Wildman–Crippen LogP) is 5.17. The quantitative estimate of drug-likeness (QED) is 0.342. The smallest absolute Gasteiger partial charge is 0.334 e. The molecule has 2 N–H and O–H groups in total. The maximum atomic E-state index is 13.8. The molecule has 0 radical (unpaired) electrons. The van der Waals surface area contributed by atoms with Gasteiger partial charge >= 0.3 is 11.9 Å². The number of alkyl halides is 3. The van der Waals surface area contributed by atoms with Crippen molar-refractivity contribution in [1.29, 1.82) is 0 Å². The van der Waals surface area contributed by atoms with Gasteiger partial charge in [-0.3, -0.25) is 10.1 Å². The van der Waals surface area contributed by atoms with Crippen LogP contribution >= 0.6 is 0 Å². The first-order chi connectivity index (χ1) is 13.6. The number of halogens is 5. The average Bonchev–Trinajstić information content (AvgIpc) is 2.63. The second-order valence-electron chi connectivity index (χ2n) is 5.63. The fourth-order valence-corrected chi connectivity index (χ4v) is 2.33. The number of nitrogens with one attached hydrogen (secondary N) is 2. The molecule has 0 bridgehead atoms. The van der Waals surface area contributed by atoms with E-state index in [1.54, 1.807) is 0 Å². The summed E-state index contributed by atoms with van der Waals surface area (Å²) in [6.45, 7) is 0. The average molecular weight is 411 g/mol. The molecule has 0 aliphatic heterocycles. The van der Waals surface area contributed by atoms with Crippen LogP contribution in [0.25, 0.3) is 0 Å². The zero-order chi connectivity index (χ0) is 21.2. The van der Waals surface area contributed by atoms with Crippen LogP contribution in [0.5, 0.6) is 0 Å². The van der Waals surface area contributed by atoms with Gasteiger partial charge in [0.05, 0.1) is 16.2 Å². The van der Waals surface area contributed by atoms with E-state index in [0.29, 0.717) is 6.07 Å². The lowest BCUT2D eigenvalue weighted by molar-refractivity contribution is -0.383. The van der Waals surface area contributed by atoms with Crippen molar-refractivity contribution in [2.24, 2.45) is 0 Å². The third-order valence-corrected chi connectivity index (χ3v) is 3.66. The van der Waals surface area contributed by atoms with E-state index in [2.05, 4.69) is 20.6 Å². The number of rotatable bonds is 5. The van der Waals surface area contributed by atoms with E-state index in [9.17, 15) is 32.1 Å². The highest BCUT2D eigenvalue weighted by Crippen LogP contribution is 2.35. The van der Waals surface area contributed by atoms with Crippen LogP contribution in [0.3, 0.4) is 0 Å². The number of nitro groups is 1. The van der Waals surface area contributed by atoms with Crippen molar-refractivity contribution in [1.82, 2.24) is 9.97 Å². The summed E-state index contributed by atoms with van der Waals surface area (Å²) in [6.07, 6.45) is -3.60. The maximum absolute atomic E-state index is 13.8. The molecule has 0 spiro atoms. The summed E-state index contributed by atoms with van der Waals surface area (Å²) in [6, 6.07) is 6.28. The standard InChI is InChI=1S/C17H10F5N5O2/c18-10-3-6-13(12(19)7-10)26-16-14(27(28)29)15(23-8-24-16)25-11-4-1-9(2-5-11)17(20,21)22/h1-8H,(H2,23,24,25,26). The Labute approximate surface area is 159 Å². The molecule has 3 rings (SSSR count). The minimum absolute atomic E-state index is 0.0960. The molecule has 150 valence electrons. The topological polar surface area (TPSA) is 93.0 Å². The molecule has 0 saturated carbocycles. The van der Waals surface area contributed by atoms with Gasteiger partial charge < -0.3 is 10.6 Å². The molecule has 0 amide bonds. The zero-order valence-electron chi connectivity index (χ0n) is 14.2. The van der Waals surface area contributed by atoms with E-state index < -0.39 is 39.8 Å². The zero-order valence-corrected chi connectivity index (χ0v) is 14.2. The van der Waals surface area contributed by atoms with Gasteiger partial charge in [-0.1, -0.05) is 0 Å². The largest absolute Gasteiger partial charge is 0.416 e. The summed E-state index contributed by atoms with van der Waals surface area (Å²) < 4.78 is 64.8. The first-order valence-electron chi connectivity index (χ1n) is 7.81. The van der Waals surface area contributed by atoms with Gasteiger partial charge in [0.25, 0.3) is 0 Å². The van der Waals surface area contributed by atoms with Gasteiger partial charge in [0.1, 0.15) is 18.0 Å².